The van der Waals surface area contributed by atoms with Crippen LogP contribution in [-0.4, -0.2) is 30.0 Å². The van der Waals surface area contributed by atoms with Gasteiger partial charge in [-0.25, -0.2) is 0 Å². The molecule has 1 saturated carbocycles. The minimum Gasteiger partial charge on any atom is -0.375 e. The number of ketones is 1. The van der Waals surface area contributed by atoms with E-state index in [0.29, 0.717) is 13.3 Å². The average molecular weight is 277 g/mol. The molecule has 2 N–H and O–H groups in total. The molecule has 1 fully saturated rings. The van der Waals surface area contributed by atoms with Gasteiger partial charge in [0.1, 0.15) is 0 Å². The molecule has 0 spiro atoms. The van der Waals surface area contributed by atoms with Crippen molar-refractivity contribution in [3.05, 3.63) is 0 Å². The van der Waals surface area contributed by atoms with E-state index in [1.165, 1.54) is 0 Å². The zero-order valence-corrected chi connectivity index (χ0v) is 12.0. The molecular weight excluding hydrogens is 252 g/mol. The minimum absolute atomic E-state index is 0.0399. The van der Waals surface area contributed by atoms with Gasteiger partial charge >= 0.3 is 5.92 Å². The lowest BCUT2D eigenvalue weighted by atomic mass is 9.81. The van der Waals surface area contributed by atoms with Crippen molar-refractivity contribution in [3.8, 4) is 0 Å². The Labute approximate surface area is 113 Å². The molecule has 0 amide bonds. The third kappa shape index (κ3) is 5.15. The number of halogens is 2. The average Bonchev–Trinajstić information content (AvgIpc) is 2.28. The number of carbonyl (C=O) groups excluding carboxylic acids is 1. The van der Waals surface area contributed by atoms with Crippen LogP contribution < -0.4 is 5.73 Å². The topological polar surface area (TPSA) is 52.3 Å². The molecule has 0 saturated heterocycles. The number of Topliss-reactive ketones (excluding diaryl/α,β-unsaturated/α-hetero) is 1. The Balaban J connectivity index is 2.59. The number of carbonyl (C=O) groups is 1. The minimum atomic E-state index is -3.34. The summed E-state index contributed by atoms with van der Waals surface area (Å²) < 4.78 is 31.7. The van der Waals surface area contributed by atoms with Crippen molar-refractivity contribution in [1.82, 2.24) is 0 Å². The van der Waals surface area contributed by atoms with Gasteiger partial charge in [0, 0.05) is 6.92 Å². The largest absolute Gasteiger partial charge is 0.375 e. The fourth-order valence-corrected chi connectivity index (χ4v) is 2.73. The van der Waals surface area contributed by atoms with E-state index < -0.39 is 17.7 Å². The molecule has 0 aromatic heterocycles. The van der Waals surface area contributed by atoms with E-state index in [4.69, 9.17) is 10.5 Å². The lowest BCUT2D eigenvalue weighted by molar-refractivity contribution is -0.143. The highest BCUT2D eigenvalue weighted by Crippen LogP contribution is 2.31. The van der Waals surface area contributed by atoms with Crippen LogP contribution >= 0.6 is 0 Å². The van der Waals surface area contributed by atoms with Gasteiger partial charge in [-0.2, -0.15) is 8.78 Å². The van der Waals surface area contributed by atoms with Gasteiger partial charge in [-0.1, -0.05) is 12.8 Å². The first-order chi connectivity index (χ1) is 8.71. The summed E-state index contributed by atoms with van der Waals surface area (Å²) in [6, 6.07) is -1.10. The van der Waals surface area contributed by atoms with Crippen molar-refractivity contribution in [2.24, 2.45) is 11.7 Å². The SMILES string of the molecule is CC(C)OC1CCCCC1C[C@H](N)C(=O)C(C)(F)F. The summed E-state index contributed by atoms with van der Waals surface area (Å²) in [6.07, 6.45) is 4.38. The van der Waals surface area contributed by atoms with Crippen LogP contribution in [0.2, 0.25) is 0 Å². The number of hydrogen-bond acceptors (Lipinski definition) is 3. The van der Waals surface area contributed by atoms with E-state index in [2.05, 4.69) is 0 Å². The summed E-state index contributed by atoms with van der Waals surface area (Å²) in [5.41, 5.74) is 5.64. The molecule has 19 heavy (non-hydrogen) atoms. The molecule has 3 atom stereocenters. The highest BCUT2D eigenvalue weighted by molar-refractivity contribution is 5.89. The molecule has 1 rings (SSSR count). The smallest absolute Gasteiger partial charge is 0.304 e. The molecule has 0 bridgehead atoms. The van der Waals surface area contributed by atoms with E-state index in [-0.39, 0.29) is 18.1 Å². The number of nitrogens with two attached hydrogens (primary N) is 1. The molecule has 5 heteroatoms. The Kier molecular flexibility index (Phi) is 5.86. The maximum absolute atomic E-state index is 13.0. The Hall–Kier alpha value is -0.550. The fourth-order valence-electron chi connectivity index (χ4n) is 2.73. The van der Waals surface area contributed by atoms with Crippen LogP contribution in [0, 0.1) is 5.92 Å². The standard InChI is InChI=1S/C14H25F2NO2/c1-9(2)19-12-7-5-4-6-10(12)8-11(17)13(18)14(3,15)16/h9-12H,4-8,17H2,1-3H3/t10?,11-,12?/m0/s1. The Morgan fingerprint density at radius 3 is 2.47 bits per heavy atom. The quantitative estimate of drug-likeness (QED) is 0.812. The molecule has 3 nitrogen and oxygen atoms in total. The van der Waals surface area contributed by atoms with Gasteiger partial charge < -0.3 is 10.5 Å². The van der Waals surface area contributed by atoms with E-state index in [1.807, 2.05) is 13.8 Å². The van der Waals surface area contributed by atoms with Crippen molar-refractivity contribution in [1.29, 1.82) is 0 Å². The fraction of sp³-hybridized carbons (Fsp3) is 0.929. The number of hydrogen-bond donors (Lipinski definition) is 1. The monoisotopic (exact) mass is 277 g/mol. The normalized spacial score (nSPS) is 26.5. The second-order valence-electron chi connectivity index (χ2n) is 5.86. The molecule has 0 aromatic rings. The van der Waals surface area contributed by atoms with Gasteiger partial charge in [-0.15, -0.1) is 0 Å². The van der Waals surface area contributed by atoms with E-state index in [1.54, 1.807) is 0 Å². The molecule has 1 aliphatic carbocycles. The summed E-state index contributed by atoms with van der Waals surface area (Å²) in [4.78, 5) is 11.5. The second-order valence-corrected chi connectivity index (χ2v) is 5.86. The molecule has 0 heterocycles. The highest BCUT2D eigenvalue weighted by Gasteiger charge is 2.38. The van der Waals surface area contributed by atoms with Gasteiger partial charge in [0.05, 0.1) is 18.2 Å². The molecular formula is C14H25F2NO2. The van der Waals surface area contributed by atoms with Crippen molar-refractivity contribution >= 4 is 5.78 Å². The summed E-state index contributed by atoms with van der Waals surface area (Å²) in [5, 5.41) is 0. The van der Waals surface area contributed by atoms with Gasteiger partial charge in [0.15, 0.2) is 0 Å². The molecule has 112 valence electrons. The molecule has 0 radical (unpaired) electrons. The third-order valence-electron chi connectivity index (χ3n) is 3.61. The molecule has 2 unspecified atom stereocenters. The van der Waals surface area contributed by atoms with Crippen molar-refractivity contribution < 1.29 is 18.3 Å². The van der Waals surface area contributed by atoms with Crippen molar-refractivity contribution in [2.45, 2.75) is 77.0 Å². The maximum atomic E-state index is 13.0. The predicted molar refractivity (Wildman–Crippen MR) is 70.2 cm³/mol. The van der Waals surface area contributed by atoms with Crippen molar-refractivity contribution in [3.63, 3.8) is 0 Å². The number of rotatable bonds is 6. The molecule has 0 aromatic carbocycles. The highest BCUT2D eigenvalue weighted by atomic mass is 19.3. The van der Waals surface area contributed by atoms with Crippen LogP contribution in [0.25, 0.3) is 0 Å². The summed E-state index contributed by atoms with van der Waals surface area (Å²) in [7, 11) is 0. The third-order valence-corrected chi connectivity index (χ3v) is 3.61. The van der Waals surface area contributed by atoms with Crippen LogP contribution in [0.3, 0.4) is 0 Å². The predicted octanol–water partition coefficient (Wildman–Crippen LogP) is 2.91. The Morgan fingerprint density at radius 1 is 1.37 bits per heavy atom. The zero-order valence-electron chi connectivity index (χ0n) is 12.0. The van der Waals surface area contributed by atoms with Gasteiger partial charge in [0.25, 0.3) is 0 Å². The zero-order chi connectivity index (χ0) is 14.6. The van der Waals surface area contributed by atoms with Crippen molar-refractivity contribution in [2.75, 3.05) is 0 Å². The van der Waals surface area contributed by atoms with Crippen LogP contribution in [0.5, 0.6) is 0 Å². The molecule has 1 aliphatic rings. The van der Waals surface area contributed by atoms with Crippen LogP contribution in [-0.2, 0) is 9.53 Å². The summed E-state index contributed by atoms with van der Waals surface area (Å²) in [5.74, 6) is -4.40. The van der Waals surface area contributed by atoms with E-state index >= 15 is 0 Å². The lowest BCUT2D eigenvalue weighted by Crippen LogP contribution is -2.44. The van der Waals surface area contributed by atoms with Gasteiger partial charge in [-0.05, 0) is 39.0 Å². The van der Waals surface area contributed by atoms with Crippen LogP contribution in [0.1, 0.15) is 52.9 Å². The Bertz CT molecular complexity index is 302. The number of alkyl halides is 2. The van der Waals surface area contributed by atoms with E-state index in [0.717, 1.165) is 25.7 Å². The first kappa shape index (κ1) is 16.5. The van der Waals surface area contributed by atoms with Gasteiger partial charge in [0.2, 0.25) is 5.78 Å². The molecule has 0 aliphatic heterocycles. The first-order valence-corrected chi connectivity index (χ1v) is 7.05. The maximum Gasteiger partial charge on any atom is 0.304 e. The van der Waals surface area contributed by atoms with Crippen LogP contribution in [0.4, 0.5) is 8.78 Å². The lowest BCUT2D eigenvalue weighted by Gasteiger charge is -2.34. The Morgan fingerprint density at radius 2 is 1.95 bits per heavy atom. The van der Waals surface area contributed by atoms with E-state index in [9.17, 15) is 13.6 Å². The second kappa shape index (κ2) is 6.75. The number of ether oxygens (including phenoxy) is 1. The summed E-state index contributed by atoms with van der Waals surface area (Å²) >= 11 is 0. The van der Waals surface area contributed by atoms with Crippen LogP contribution in [0.15, 0.2) is 0 Å². The summed E-state index contributed by atoms with van der Waals surface area (Å²) in [6.45, 7) is 4.52. The van der Waals surface area contributed by atoms with Gasteiger partial charge in [-0.3, -0.25) is 4.79 Å². The first-order valence-electron chi connectivity index (χ1n) is 7.05.